The molecule has 1 aromatic heterocycles. The number of aliphatic carboxylic acids is 1. The van der Waals surface area contributed by atoms with Crippen LogP contribution in [-0.2, 0) is 43.3 Å². The molecular weight excluding hydrogens is 770 g/mol. The number of aliphatic hydroxyl groups is 1. The third-order valence-corrected chi connectivity index (χ3v) is 10.2. The van der Waals surface area contributed by atoms with Crippen molar-refractivity contribution >= 4 is 23.8 Å². The lowest BCUT2D eigenvalue weighted by atomic mass is 9.91. The van der Waals surface area contributed by atoms with Gasteiger partial charge in [-0.05, 0) is 67.9 Å². The maximum Gasteiger partial charge on any atom is 0.490 e. The van der Waals surface area contributed by atoms with Gasteiger partial charge in [-0.1, -0.05) is 74.5 Å². The van der Waals surface area contributed by atoms with E-state index >= 15 is 0 Å². The Morgan fingerprint density at radius 3 is 2.22 bits per heavy atom. The topological polar surface area (TPSA) is 187 Å². The molecule has 5 rings (SSSR count). The number of amides is 2. The van der Waals surface area contributed by atoms with Gasteiger partial charge < -0.3 is 31.3 Å². The van der Waals surface area contributed by atoms with Crippen LogP contribution in [0.2, 0.25) is 0 Å². The van der Waals surface area contributed by atoms with E-state index in [1.807, 2.05) is 108 Å². The fourth-order valence-electron chi connectivity index (χ4n) is 7.15. The first kappa shape index (κ1) is 46.8. The lowest BCUT2D eigenvalue weighted by Crippen LogP contribution is -2.62. The van der Waals surface area contributed by atoms with Crippen LogP contribution in [0.4, 0.5) is 13.2 Å². The lowest BCUT2D eigenvalue weighted by Gasteiger charge is -2.43. The first-order valence-corrected chi connectivity index (χ1v) is 19.8. The number of alkyl halides is 3. The smallest absolute Gasteiger partial charge is 0.475 e. The summed E-state index contributed by atoms with van der Waals surface area (Å²) in [5.41, 5.74) is 9.78. The van der Waals surface area contributed by atoms with E-state index in [0.29, 0.717) is 39.0 Å². The summed E-state index contributed by atoms with van der Waals surface area (Å²) in [6, 6.07) is 19.5. The number of ether oxygens (including phenoxy) is 1. The number of hydrogen-bond acceptors (Lipinski definition) is 10. The molecule has 0 spiro atoms. The highest BCUT2D eigenvalue weighted by molar-refractivity contribution is 5.83. The fourth-order valence-corrected chi connectivity index (χ4v) is 7.15. The summed E-state index contributed by atoms with van der Waals surface area (Å²) in [7, 11) is 0. The molecule has 0 unspecified atom stereocenters. The molecule has 6 N–H and O–H groups in total. The number of nitrogens with zero attached hydrogens (tertiary/aromatic N) is 3. The first-order chi connectivity index (χ1) is 27.7. The van der Waals surface area contributed by atoms with Crippen molar-refractivity contribution in [3.8, 4) is 0 Å². The molecule has 3 aromatic rings. The van der Waals surface area contributed by atoms with Gasteiger partial charge in [0, 0.05) is 63.0 Å². The van der Waals surface area contributed by atoms with Crippen molar-refractivity contribution in [2.45, 2.75) is 102 Å². The summed E-state index contributed by atoms with van der Waals surface area (Å²) in [5.74, 6) is -4.40. The van der Waals surface area contributed by atoms with Crippen molar-refractivity contribution in [2.75, 3.05) is 26.2 Å². The van der Waals surface area contributed by atoms with E-state index in [9.17, 15) is 32.7 Å². The van der Waals surface area contributed by atoms with Crippen LogP contribution in [0.3, 0.4) is 0 Å². The summed E-state index contributed by atoms with van der Waals surface area (Å²) >= 11 is 0. The molecule has 2 heterocycles. The van der Waals surface area contributed by atoms with Crippen LogP contribution in [-0.4, -0.2) is 111 Å². The van der Waals surface area contributed by atoms with Crippen molar-refractivity contribution in [3.63, 3.8) is 0 Å². The summed E-state index contributed by atoms with van der Waals surface area (Å²) in [6.07, 6.45) is -1.94. The number of rotatable bonds is 14. The van der Waals surface area contributed by atoms with E-state index < -0.39 is 59.9 Å². The van der Waals surface area contributed by atoms with Crippen LogP contribution in [0.15, 0.2) is 79.1 Å². The molecule has 2 aromatic carbocycles. The Balaban J connectivity index is 0.00000101. The monoisotopic (exact) mass is 826 g/mol. The maximum atomic E-state index is 14.3. The van der Waals surface area contributed by atoms with Gasteiger partial charge in [-0.15, -0.1) is 0 Å². The molecule has 13 nitrogen and oxygen atoms in total. The van der Waals surface area contributed by atoms with Gasteiger partial charge in [-0.3, -0.25) is 29.2 Å². The second-order valence-electron chi connectivity index (χ2n) is 16.6. The zero-order valence-corrected chi connectivity index (χ0v) is 34.2. The van der Waals surface area contributed by atoms with Crippen LogP contribution in [0.5, 0.6) is 0 Å². The number of nitrogens with one attached hydrogen (secondary N) is 2. The highest BCUT2D eigenvalue weighted by atomic mass is 19.4. The number of carbonyl (C=O) groups is 4. The van der Waals surface area contributed by atoms with Gasteiger partial charge >= 0.3 is 18.1 Å². The van der Waals surface area contributed by atoms with Crippen LogP contribution >= 0.6 is 0 Å². The minimum absolute atomic E-state index is 0.111. The average Bonchev–Trinajstić information content (AvgIpc) is 3.48. The van der Waals surface area contributed by atoms with Crippen LogP contribution < -0.4 is 16.4 Å². The molecule has 1 aliphatic heterocycles. The van der Waals surface area contributed by atoms with E-state index in [1.165, 1.54) is 0 Å². The molecular formula is C43H57F3N6O7. The highest BCUT2D eigenvalue weighted by Gasteiger charge is 2.40. The number of pyridine rings is 1. The van der Waals surface area contributed by atoms with E-state index in [-0.39, 0.29) is 30.7 Å². The number of fused-ring (bicyclic) bond motifs is 1. The molecule has 1 aliphatic carbocycles. The molecule has 0 radical (unpaired) electrons. The third kappa shape index (κ3) is 14.4. The number of aromatic nitrogens is 1. The molecule has 2 amide bonds. The van der Waals surface area contributed by atoms with Crippen LogP contribution in [0.25, 0.3) is 0 Å². The lowest BCUT2D eigenvalue weighted by molar-refractivity contribution is -0.192. The number of benzene rings is 2. The molecule has 1 fully saturated rings. The SMILES string of the molecule is CC(C)[C@H](N)C(=O)O[C@@H](C[C@@H](Cc1ccccc1)C(=O)N[C@H]1c2ccccc2C[C@H]1O)CN1CCN(Cc2cccnc2)C[C@H]1C(=O)NC(C)(C)C.O=C(O)C(F)(F)F. The predicted molar refractivity (Wildman–Crippen MR) is 214 cm³/mol. The minimum atomic E-state index is -5.08. The zero-order chi connectivity index (χ0) is 43.5. The van der Waals surface area contributed by atoms with Gasteiger partial charge in [0.15, 0.2) is 0 Å². The second kappa shape index (κ2) is 20.9. The number of carboxylic acids is 1. The van der Waals surface area contributed by atoms with E-state index in [1.54, 1.807) is 6.20 Å². The first-order valence-electron chi connectivity index (χ1n) is 19.8. The molecule has 0 saturated carbocycles. The Hall–Kier alpha value is -4.90. The summed E-state index contributed by atoms with van der Waals surface area (Å²) in [6.45, 7) is 12.2. The fraction of sp³-hybridized carbons (Fsp3) is 0.512. The van der Waals surface area contributed by atoms with Gasteiger partial charge in [0.25, 0.3) is 0 Å². The third-order valence-electron chi connectivity index (χ3n) is 10.2. The quantitative estimate of drug-likeness (QED) is 0.148. The number of hydrogen-bond donors (Lipinski definition) is 5. The van der Waals surface area contributed by atoms with Crippen molar-refractivity contribution in [1.82, 2.24) is 25.4 Å². The average molecular weight is 827 g/mol. The number of esters is 1. The van der Waals surface area contributed by atoms with Crippen molar-refractivity contribution in [2.24, 2.45) is 17.6 Å². The minimum Gasteiger partial charge on any atom is -0.475 e. The molecule has 322 valence electrons. The molecule has 2 aliphatic rings. The summed E-state index contributed by atoms with van der Waals surface area (Å²) in [5, 5.41) is 24.4. The van der Waals surface area contributed by atoms with E-state index in [4.69, 9.17) is 20.4 Å². The summed E-state index contributed by atoms with van der Waals surface area (Å²) in [4.78, 5) is 59.1. The molecule has 6 atom stereocenters. The van der Waals surface area contributed by atoms with Crippen molar-refractivity contribution < 1.29 is 47.3 Å². The van der Waals surface area contributed by atoms with Gasteiger partial charge in [0.2, 0.25) is 11.8 Å². The Morgan fingerprint density at radius 1 is 0.966 bits per heavy atom. The van der Waals surface area contributed by atoms with Gasteiger partial charge in [0.1, 0.15) is 18.2 Å². The number of piperazine rings is 1. The molecule has 16 heteroatoms. The Kier molecular flexibility index (Phi) is 16.6. The Morgan fingerprint density at radius 2 is 1.61 bits per heavy atom. The molecule has 0 bridgehead atoms. The predicted octanol–water partition coefficient (Wildman–Crippen LogP) is 4.03. The van der Waals surface area contributed by atoms with Crippen molar-refractivity contribution in [3.05, 3.63) is 101 Å². The zero-order valence-electron chi connectivity index (χ0n) is 34.2. The van der Waals surface area contributed by atoms with Crippen LogP contribution in [0.1, 0.15) is 69.3 Å². The standard InChI is InChI=1S/C41H56N6O5.C2HF3O2/c1-27(2)36(42)40(51)52-32(25-47-19-18-46(24-29-14-11-17-43-23-29)26-34(47)39(50)45-41(3,4)5)21-31(20-28-12-7-6-8-13-28)38(49)44-37-33-16-10-9-15-30(33)22-35(37)48;3-2(4,5)1(6)7/h6-17,23,27,31-32,34-37,48H,18-22,24-26,42H2,1-5H3,(H,44,49)(H,45,50);(H,6,7)/t31-,32+,34+,35-,36+,37+;/m1./s1. The van der Waals surface area contributed by atoms with Crippen LogP contribution in [0, 0.1) is 11.8 Å². The maximum absolute atomic E-state index is 14.3. The largest absolute Gasteiger partial charge is 0.490 e. The second-order valence-corrected chi connectivity index (χ2v) is 16.6. The normalized spacial score (nSPS) is 20.0. The van der Waals surface area contributed by atoms with E-state index in [0.717, 1.165) is 22.3 Å². The summed E-state index contributed by atoms with van der Waals surface area (Å²) < 4.78 is 37.9. The van der Waals surface area contributed by atoms with E-state index in [2.05, 4.69) is 25.4 Å². The molecule has 59 heavy (non-hydrogen) atoms. The molecule has 1 saturated heterocycles. The highest BCUT2D eigenvalue weighted by Crippen LogP contribution is 2.32. The number of aliphatic hydroxyl groups excluding tert-OH is 1. The van der Waals surface area contributed by atoms with Gasteiger partial charge in [0.05, 0.1) is 12.1 Å². The number of carboxylic acid groups (broad SMARTS) is 1. The van der Waals surface area contributed by atoms with Gasteiger partial charge in [-0.25, -0.2) is 4.79 Å². The van der Waals surface area contributed by atoms with Gasteiger partial charge in [-0.2, -0.15) is 13.2 Å². The number of halogens is 3. The van der Waals surface area contributed by atoms with Crippen molar-refractivity contribution in [1.29, 1.82) is 0 Å². The number of carbonyl (C=O) groups excluding carboxylic acids is 3. The number of nitrogens with two attached hydrogens (primary N) is 1. The Labute approximate surface area is 343 Å². The Bertz CT molecular complexity index is 1840.